The van der Waals surface area contributed by atoms with E-state index in [0.717, 1.165) is 16.9 Å². The van der Waals surface area contributed by atoms with Crippen LogP contribution in [-0.4, -0.2) is 51.1 Å². The Hall–Kier alpha value is -3.22. The first-order valence-electron chi connectivity index (χ1n) is 11.3. The summed E-state index contributed by atoms with van der Waals surface area (Å²) in [6.07, 6.45) is 2.46. The molecule has 7 nitrogen and oxygen atoms in total. The SMILES string of the molecule is COc1ccc(CCC(=O)N2CCC(C)(C(=O)NCc3cc(OC)cc(OC)c3)CC2)cc1. The number of amides is 2. The molecule has 0 bridgehead atoms. The molecule has 3 rings (SSSR count). The van der Waals surface area contributed by atoms with Crippen LogP contribution in [0.1, 0.15) is 37.3 Å². The summed E-state index contributed by atoms with van der Waals surface area (Å²) in [6, 6.07) is 13.4. The normalized spacial score (nSPS) is 15.0. The highest BCUT2D eigenvalue weighted by atomic mass is 16.5. The van der Waals surface area contributed by atoms with E-state index in [1.807, 2.05) is 48.2 Å². The summed E-state index contributed by atoms with van der Waals surface area (Å²) < 4.78 is 15.8. The van der Waals surface area contributed by atoms with E-state index in [2.05, 4.69) is 5.32 Å². The number of hydrogen-bond donors (Lipinski definition) is 1. The average molecular weight is 455 g/mol. The number of rotatable bonds is 9. The number of ether oxygens (including phenoxy) is 3. The maximum Gasteiger partial charge on any atom is 0.226 e. The van der Waals surface area contributed by atoms with E-state index in [9.17, 15) is 9.59 Å². The molecule has 7 heteroatoms. The zero-order valence-corrected chi connectivity index (χ0v) is 20.0. The van der Waals surface area contributed by atoms with Crippen LogP contribution < -0.4 is 19.5 Å². The Morgan fingerprint density at radius 2 is 1.45 bits per heavy atom. The third-order valence-corrected chi connectivity index (χ3v) is 6.42. The quantitative estimate of drug-likeness (QED) is 0.627. The van der Waals surface area contributed by atoms with E-state index < -0.39 is 5.41 Å². The Morgan fingerprint density at radius 3 is 2.00 bits per heavy atom. The van der Waals surface area contributed by atoms with E-state index in [1.165, 1.54) is 0 Å². The van der Waals surface area contributed by atoms with Crippen LogP contribution in [0.15, 0.2) is 42.5 Å². The molecule has 0 aromatic heterocycles. The van der Waals surface area contributed by atoms with Crippen molar-refractivity contribution in [2.24, 2.45) is 5.41 Å². The molecule has 2 aromatic rings. The van der Waals surface area contributed by atoms with Gasteiger partial charge in [-0.15, -0.1) is 0 Å². The second-order valence-corrected chi connectivity index (χ2v) is 8.69. The molecule has 1 N–H and O–H groups in total. The van der Waals surface area contributed by atoms with Crippen LogP contribution >= 0.6 is 0 Å². The van der Waals surface area contributed by atoms with Crippen molar-refractivity contribution < 1.29 is 23.8 Å². The molecule has 1 aliphatic rings. The second kappa shape index (κ2) is 11.1. The summed E-state index contributed by atoms with van der Waals surface area (Å²) in [5, 5.41) is 3.05. The molecule has 0 unspecified atom stereocenters. The molecule has 1 heterocycles. The Labute approximate surface area is 196 Å². The van der Waals surface area contributed by atoms with Crippen LogP contribution in [0.25, 0.3) is 0 Å². The standard InChI is InChI=1S/C26H34N2O5/c1-26(25(30)27-18-20-15-22(32-3)17-23(16-20)33-4)11-13-28(14-12-26)24(29)10-7-19-5-8-21(31-2)9-6-19/h5-6,8-9,15-17H,7,10-14,18H2,1-4H3,(H,27,30). The minimum absolute atomic E-state index is 0.00891. The zero-order valence-electron chi connectivity index (χ0n) is 20.0. The maximum absolute atomic E-state index is 13.0. The predicted molar refractivity (Wildman–Crippen MR) is 127 cm³/mol. The second-order valence-electron chi connectivity index (χ2n) is 8.69. The highest BCUT2D eigenvalue weighted by Crippen LogP contribution is 2.32. The number of benzene rings is 2. The highest BCUT2D eigenvalue weighted by molar-refractivity contribution is 5.83. The summed E-state index contributed by atoms with van der Waals surface area (Å²) >= 11 is 0. The number of piperidine rings is 1. The Bertz CT molecular complexity index is 927. The number of methoxy groups -OCH3 is 3. The first-order valence-corrected chi connectivity index (χ1v) is 11.3. The van der Waals surface area contributed by atoms with Crippen molar-refractivity contribution in [2.45, 2.75) is 39.2 Å². The lowest BCUT2D eigenvalue weighted by atomic mass is 9.79. The van der Waals surface area contributed by atoms with Crippen molar-refractivity contribution in [2.75, 3.05) is 34.4 Å². The Balaban J connectivity index is 1.48. The van der Waals surface area contributed by atoms with Gasteiger partial charge in [-0.1, -0.05) is 19.1 Å². The molecule has 1 aliphatic heterocycles. The van der Waals surface area contributed by atoms with Crippen LogP contribution in [0.2, 0.25) is 0 Å². The Kier molecular flexibility index (Phi) is 8.20. The molecule has 0 saturated carbocycles. The van der Waals surface area contributed by atoms with Gasteiger partial charge in [0, 0.05) is 37.5 Å². The number of carbonyl (C=O) groups excluding carboxylic acids is 2. The fraction of sp³-hybridized carbons (Fsp3) is 0.462. The molecule has 0 atom stereocenters. The lowest BCUT2D eigenvalue weighted by Crippen LogP contribution is -2.48. The summed E-state index contributed by atoms with van der Waals surface area (Å²) in [6.45, 7) is 3.57. The topological polar surface area (TPSA) is 77.1 Å². The lowest BCUT2D eigenvalue weighted by Gasteiger charge is -2.38. The number of likely N-dealkylation sites (tertiary alicyclic amines) is 1. The van der Waals surface area contributed by atoms with Gasteiger partial charge >= 0.3 is 0 Å². The number of nitrogens with one attached hydrogen (secondary N) is 1. The number of carbonyl (C=O) groups is 2. The van der Waals surface area contributed by atoms with E-state index in [0.29, 0.717) is 56.8 Å². The van der Waals surface area contributed by atoms with Crippen LogP contribution in [0, 0.1) is 5.41 Å². The van der Waals surface area contributed by atoms with Gasteiger partial charge in [-0.2, -0.15) is 0 Å². The van der Waals surface area contributed by atoms with Gasteiger partial charge in [-0.25, -0.2) is 0 Å². The van der Waals surface area contributed by atoms with Crippen molar-refractivity contribution in [3.8, 4) is 17.2 Å². The highest BCUT2D eigenvalue weighted by Gasteiger charge is 2.37. The van der Waals surface area contributed by atoms with Gasteiger partial charge < -0.3 is 24.4 Å². The van der Waals surface area contributed by atoms with Crippen LogP contribution in [0.4, 0.5) is 0 Å². The van der Waals surface area contributed by atoms with Gasteiger partial charge in [0.1, 0.15) is 17.2 Å². The first kappa shape index (κ1) is 24.4. The van der Waals surface area contributed by atoms with Crippen molar-refractivity contribution >= 4 is 11.8 Å². The maximum atomic E-state index is 13.0. The first-order chi connectivity index (χ1) is 15.9. The number of nitrogens with zero attached hydrogens (tertiary/aromatic N) is 1. The van der Waals surface area contributed by atoms with Gasteiger partial charge in [0.15, 0.2) is 0 Å². The van der Waals surface area contributed by atoms with Crippen molar-refractivity contribution in [1.82, 2.24) is 10.2 Å². The van der Waals surface area contributed by atoms with Gasteiger partial charge in [-0.05, 0) is 54.7 Å². The largest absolute Gasteiger partial charge is 0.497 e. The summed E-state index contributed by atoms with van der Waals surface area (Å²) in [4.78, 5) is 27.5. The molecular weight excluding hydrogens is 420 g/mol. The summed E-state index contributed by atoms with van der Waals surface area (Å²) in [7, 11) is 4.84. The van der Waals surface area contributed by atoms with E-state index in [-0.39, 0.29) is 11.8 Å². The minimum Gasteiger partial charge on any atom is -0.497 e. The van der Waals surface area contributed by atoms with Gasteiger partial charge in [0.05, 0.1) is 21.3 Å². The monoisotopic (exact) mass is 454 g/mol. The van der Waals surface area contributed by atoms with E-state index >= 15 is 0 Å². The fourth-order valence-corrected chi connectivity index (χ4v) is 4.04. The molecule has 33 heavy (non-hydrogen) atoms. The van der Waals surface area contributed by atoms with Crippen molar-refractivity contribution in [3.05, 3.63) is 53.6 Å². The molecule has 0 radical (unpaired) electrons. The van der Waals surface area contributed by atoms with Crippen molar-refractivity contribution in [1.29, 1.82) is 0 Å². The molecular formula is C26H34N2O5. The van der Waals surface area contributed by atoms with Gasteiger partial charge in [0.25, 0.3) is 0 Å². The van der Waals surface area contributed by atoms with Crippen molar-refractivity contribution in [3.63, 3.8) is 0 Å². The third-order valence-electron chi connectivity index (χ3n) is 6.42. The fourth-order valence-electron chi connectivity index (χ4n) is 4.04. The molecule has 1 saturated heterocycles. The molecule has 2 aromatic carbocycles. The van der Waals surface area contributed by atoms with Gasteiger partial charge in [0.2, 0.25) is 11.8 Å². The predicted octanol–water partition coefficient (Wildman–Crippen LogP) is 3.59. The Morgan fingerprint density at radius 1 is 0.879 bits per heavy atom. The summed E-state index contributed by atoms with van der Waals surface area (Å²) in [5.41, 5.74) is 1.53. The van der Waals surface area contributed by atoms with Crippen LogP contribution in [-0.2, 0) is 22.6 Å². The minimum atomic E-state index is -0.490. The molecule has 2 amide bonds. The number of aryl methyl sites for hydroxylation is 1. The van der Waals surface area contributed by atoms with Crippen LogP contribution in [0.5, 0.6) is 17.2 Å². The lowest BCUT2D eigenvalue weighted by molar-refractivity contribution is -0.139. The smallest absolute Gasteiger partial charge is 0.226 e. The van der Waals surface area contributed by atoms with E-state index in [1.54, 1.807) is 27.4 Å². The molecule has 0 aliphatic carbocycles. The van der Waals surface area contributed by atoms with Crippen LogP contribution in [0.3, 0.4) is 0 Å². The van der Waals surface area contributed by atoms with Gasteiger partial charge in [-0.3, -0.25) is 9.59 Å². The molecule has 178 valence electrons. The number of hydrogen-bond acceptors (Lipinski definition) is 5. The van der Waals surface area contributed by atoms with E-state index in [4.69, 9.17) is 14.2 Å². The average Bonchev–Trinajstić information content (AvgIpc) is 2.86. The zero-order chi connectivity index (χ0) is 23.8. The molecule has 0 spiro atoms. The third kappa shape index (κ3) is 6.40. The summed E-state index contributed by atoms with van der Waals surface area (Å²) in [5.74, 6) is 2.33. The molecule has 1 fully saturated rings.